The molecule has 0 saturated carbocycles. The summed E-state index contributed by atoms with van der Waals surface area (Å²) in [7, 11) is 0. The molecule has 0 saturated heterocycles. The monoisotopic (exact) mass is 346 g/mol. The van der Waals surface area contributed by atoms with Gasteiger partial charge in [-0.15, -0.1) is 0 Å². The van der Waals surface area contributed by atoms with Crippen LogP contribution < -0.4 is 4.74 Å². The second kappa shape index (κ2) is 6.90. The molecule has 2 aromatic rings. The van der Waals surface area contributed by atoms with Crippen molar-refractivity contribution in [1.29, 1.82) is 0 Å². The largest absolute Gasteiger partial charge is 0.485 e. The molecule has 3 heteroatoms. The Balaban J connectivity index is 2.14. The number of rotatable bonds is 5. The topological polar surface area (TPSA) is 26.3 Å². The average Bonchev–Trinajstić information content (AvgIpc) is 2.46. The van der Waals surface area contributed by atoms with E-state index in [0.717, 1.165) is 26.9 Å². The highest BCUT2D eigenvalue weighted by atomic mass is 79.9. The number of halogens is 1. The molecule has 0 amide bonds. The summed E-state index contributed by atoms with van der Waals surface area (Å²) in [6.07, 6.45) is 0. The number of Topliss-reactive ketones (excluding diaryl/α,β-unsaturated/α-hetero) is 1. The number of benzene rings is 2. The lowest BCUT2D eigenvalue weighted by molar-refractivity contribution is 0.0920. The third-order valence-corrected chi connectivity index (χ3v) is 3.89. The summed E-state index contributed by atoms with van der Waals surface area (Å²) in [6, 6.07) is 13.5. The third-order valence-electron chi connectivity index (χ3n) is 3.40. The molecule has 0 radical (unpaired) electrons. The van der Waals surface area contributed by atoms with Gasteiger partial charge in [-0.25, -0.2) is 0 Å². The van der Waals surface area contributed by atoms with Crippen LogP contribution in [0.4, 0.5) is 0 Å². The minimum Gasteiger partial charge on any atom is -0.485 e. The number of carbonyl (C=O) groups is 1. The van der Waals surface area contributed by atoms with Crippen molar-refractivity contribution in [3.63, 3.8) is 0 Å². The standard InChI is InChI=1S/C18H19BrO2/c1-12(2)16-10-14(19)8-9-18(16)21-11-17(20)15-7-5-4-6-13(15)3/h4-10,12H,11H2,1-3H3. The van der Waals surface area contributed by atoms with Crippen LogP contribution in [0.1, 0.15) is 41.3 Å². The van der Waals surface area contributed by atoms with E-state index in [2.05, 4.69) is 29.8 Å². The molecule has 0 aromatic heterocycles. The van der Waals surface area contributed by atoms with Crippen LogP contribution in [0.25, 0.3) is 0 Å². The predicted octanol–water partition coefficient (Wildman–Crippen LogP) is 5.14. The molecule has 110 valence electrons. The lowest BCUT2D eigenvalue weighted by Crippen LogP contribution is -2.13. The minimum atomic E-state index is 0.00530. The zero-order valence-electron chi connectivity index (χ0n) is 12.5. The van der Waals surface area contributed by atoms with Gasteiger partial charge in [0.1, 0.15) is 5.75 Å². The molecule has 0 aliphatic carbocycles. The second-order valence-corrected chi connectivity index (χ2v) is 6.28. The molecule has 0 aliphatic heterocycles. The number of hydrogen-bond donors (Lipinski definition) is 0. The van der Waals surface area contributed by atoms with Crippen LogP contribution in [0.15, 0.2) is 46.9 Å². The molecule has 0 spiro atoms. The van der Waals surface area contributed by atoms with Crippen LogP contribution in [-0.2, 0) is 0 Å². The van der Waals surface area contributed by atoms with Crippen molar-refractivity contribution in [3.05, 3.63) is 63.6 Å². The van der Waals surface area contributed by atoms with E-state index in [9.17, 15) is 4.79 Å². The number of ether oxygens (including phenoxy) is 1. The second-order valence-electron chi connectivity index (χ2n) is 5.36. The fourth-order valence-electron chi connectivity index (χ4n) is 2.21. The van der Waals surface area contributed by atoms with Crippen molar-refractivity contribution in [2.45, 2.75) is 26.7 Å². The molecule has 2 nitrogen and oxygen atoms in total. The highest BCUT2D eigenvalue weighted by molar-refractivity contribution is 9.10. The Morgan fingerprint density at radius 3 is 2.57 bits per heavy atom. The fraction of sp³-hybridized carbons (Fsp3) is 0.278. The Morgan fingerprint density at radius 1 is 1.19 bits per heavy atom. The first-order valence-corrected chi connectivity index (χ1v) is 7.79. The molecule has 0 aliphatic rings. The SMILES string of the molecule is Cc1ccccc1C(=O)COc1ccc(Br)cc1C(C)C. The summed E-state index contributed by atoms with van der Waals surface area (Å²) in [5.74, 6) is 1.12. The summed E-state index contributed by atoms with van der Waals surface area (Å²) in [5, 5.41) is 0. The predicted molar refractivity (Wildman–Crippen MR) is 89.2 cm³/mol. The van der Waals surface area contributed by atoms with E-state index in [0.29, 0.717) is 5.92 Å². The van der Waals surface area contributed by atoms with Crippen molar-refractivity contribution in [2.24, 2.45) is 0 Å². The van der Waals surface area contributed by atoms with Crippen molar-refractivity contribution in [1.82, 2.24) is 0 Å². The van der Waals surface area contributed by atoms with Crippen LogP contribution in [0.3, 0.4) is 0 Å². The van der Waals surface area contributed by atoms with Crippen molar-refractivity contribution < 1.29 is 9.53 Å². The van der Waals surface area contributed by atoms with Gasteiger partial charge in [-0.2, -0.15) is 0 Å². The van der Waals surface area contributed by atoms with Gasteiger partial charge in [0.2, 0.25) is 0 Å². The number of aryl methyl sites for hydroxylation is 1. The summed E-state index contributed by atoms with van der Waals surface area (Å²) < 4.78 is 6.77. The van der Waals surface area contributed by atoms with Crippen LogP contribution in [-0.4, -0.2) is 12.4 Å². The first kappa shape index (κ1) is 15.8. The van der Waals surface area contributed by atoms with Crippen molar-refractivity contribution in [2.75, 3.05) is 6.61 Å². The number of ketones is 1. The lowest BCUT2D eigenvalue weighted by atomic mass is 10.0. The molecular weight excluding hydrogens is 328 g/mol. The molecule has 0 fully saturated rings. The summed E-state index contributed by atoms with van der Waals surface area (Å²) in [4.78, 5) is 12.3. The van der Waals surface area contributed by atoms with E-state index in [1.165, 1.54) is 0 Å². The first-order chi connectivity index (χ1) is 9.99. The highest BCUT2D eigenvalue weighted by Gasteiger charge is 2.12. The Hall–Kier alpha value is -1.61. The van der Waals surface area contributed by atoms with E-state index in [1.54, 1.807) is 0 Å². The maximum atomic E-state index is 12.3. The molecule has 0 heterocycles. The third kappa shape index (κ3) is 3.94. The quantitative estimate of drug-likeness (QED) is 0.700. The van der Waals surface area contributed by atoms with Gasteiger partial charge in [0, 0.05) is 10.0 Å². The van der Waals surface area contributed by atoms with Crippen LogP contribution in [0.2, 0.25) is 0 Å². The zero-order valence-corrected chi connectivity index (χ0v) is 14.1. The van der Waals surface area contributed by atoms with E-state index >= 15 is 0 Å². The normalized spacial score (nSPS) is 10.7. The molecule has 2 rings (SSSR count). The fourth-order valence-corrected chi connectivity index (χ4v) is 2.59. The van der Waals surface area contributed by atoms with Crippen molar-refractivity contribution in [3.8, 4) is 5.75 Å². The molecule has 0 bridgehead atoms. The summed E-state index contributed by atoms with van der Waals surface area (Å²) in [5.41, 5.74) is 2.80. The summed E-state index contributed by atoms with van der Waals surface area (Å²) in [6.45, 7) is 6.22. The minimum absolute atomic E-state index is 0.00530. The lowest BCUT2D eigenvalue weighted by Gasteiger charge is -2.14. The molecule has 21 heavy (non-hydrogen) atoms. The Morgan fingerprint density at radius 2 is 1.90 bits per heavy atom. The van der Waals surface area contributed by atoms with Gasteiger partial charge in [-0.3, -0.25) is 4.79 Å². The van der Waals surface area contributed by atoms with Gasteiger partial charge in [0.05, 0.1) is 0 Å². The van der Waals surface area contributed by atoms with E-state index < -0.39 is 0 Å². The Bertz CT molecular complexity index is 647. The van der Waals surface area contributed by atoms with Gasteiger partial charge in [0.15, 0.2) is 12.4 Å². The van der Waals surface area contributed by atoms with Crippen LogP contribution >= 0.6 is 15.9 Å². The molecular formula is C18H19BrO2. The Kier molecular flexibility index (Phi) is 5.18. The maximum Gasteiger partial charge on any atom is 0.200 e. The summed E-state index contributed by atoms with van der Waals surface area (Å²) >= 11 is 3.47. The van der Waals surface area contributed by atoms with Crippen LogP contribution in [0.5, 0.6) is 5.75 Å². The molecule has 0 atom stereocenters. The van der Waals surface area contributed by atoms with Gasteiger partial charge < -0.3 is 4.74 Å². The highest BCUT2D eigenvalue weighted by Crippen LogP contribution is 2.29. The van der Waals surface area contributed by atoms with Gasteiger partial charge in [-0.1, -0.05) is 54.0 Å². The average molecular weight is 347 g/mol. The maximum absolute atomic E-state index is 12.3. The van der Waals surface area contributed by atoms with E-state index in [-0.39, 0.29) is 12.4 Å². The van der Waals surface area contributed by atoms with Gasteiger partial charge in [-0.05, 0) is 42.2 Å². The molecule has 0 N–H and O–H groups in total. The molecule has 0 unspecified atom stereocenters. The van der Waals surface area contributed by atoms with Crippen LogP contribution in [0, 0.1) is 6.92 Å². The van der Waals surface area contributed by atoms with Crippen molar-refractivity contribution >= 4 is 21.7 Å². The Labute approximate surface area is 134 Å². The van der Waals surface area contributed by atoms with Gasteiger partial charge >= 0.3 is 0 Å². The van der Waals surface area contributed by atoms with Gasteiger partial charge in [0.25, 0.3) is 0 Å². The number of carbonyl (C=O) groups excluding carboxylic acids is 1. The van der Waals surface area contributed by atoms with E-state index in [1.807, 2.05) is 49.4 Å². The number of hydrogen-bond acceptors (Lipinski definition) is 2. The smallest absolute Gasteiger partial charge is 0.200 e. The first-order valence-electron chi connectivity index (χ1n) is 7.00. The van der Waals surface area contributed by atoms with E-state index in [4.69, 9.17) is 4.74 Å². The molecule has 2 aromatic carbocycles. The zero-order chi connectivity index (χ0) is 15.4.